The molecule has 0 rings (SSSR count). The molecule has 4 nitrogen and oxygen atoms in total. The van der Waals surface area contributed by atoms with E-state index >= 15 is 0 Å². The molecule has 0 aliphatic rings. The van der Waals surface area contributed by atoms with Gasteiger partial charge in [0.2, 0.25) is 5.91 Å². The first-order valence-corrected chi connectivity index (χ1v) is 3.97. The van der Waals surface area contributed by atoms with Crippen molar-refractivity contribution in [3.8, 4) is 0 Å². The number of carbonyl (C=O) groups is 2. The summed E-state index contributed by atoms with van der Waals surface area (Å²) in [6.45, 7) is 3.25. The Bertz CT molecular complexity index is 186. The van der Waals surface area contributed by atoms with Crippen LogP contribution in [0.15, 0.2) is 0 Å². The third-order valence-electron chi connectivity index (χ3n) is 1.03. The van der Waals surface area contributed by atoms with Crippen LogP contribution < -0.4 is 5.32 Å². The topological polar surface area (TPSA) is 66.4 Å². The highest BCUT2D eigenvalue weighted by Gasteiger charge is 2.16. The number of rotatable bonds is 4. The lowest BCUT2D eigenvalue weighted by Crippen LogP contribution is -2.33. The first-order chi connectivity index (χ1) is 5.31. The summed E-state index contributed by atoms with van der Waals surface area (Å²) in [6.07, 6.45) is 0.212. The van der Waals surface area contributed by atoms with Gasteiger partial charge in [0.25, 0.3) is 0 Å². The van der Waals surface area contributed by atoms with Gasteiger partial charge in [-0.1, -0.05) is 13.8 Å². The Morgan fingerprint density at radius 1 is 1.50 bits per heavy atom. The van der Waals surface area contributed by atoms with Crippen molar-refractivity contribution in [2.24, 2.45) is 0 Å². The van der Waals surface area contributed by atoms with Crippen LogP contribution in [0.2, 0.25) is 0 Å². The van der Waals surface area contributed by atoms with E-state index in [0.29, 0.717) is 0 Å². The normalized spacial score (nSPS) is 10.9. The molecule has 0 aliphatic heterocycles. The summed E-state index contributed by atoms with van der Waals surface area (Å²) < 4.78 is -0.400. The molecule has 0 atom stereocenters. The Labute approximate surface area is 76.8 Å². The molecule has 0 saturated heterocycles. The highest BCUT2D eigenvalue weighted by molar-refractivity contribution is 7.81. The molecule has 0 saturated carbocycles. The molecule has 0 aromatic carbocycles. The molecule has 0 unspecified atom stereocenters. The second kappa shape index (κ2) is 4.35. The molecule has 0 radical (unpaired) electrons. The van der Waals surface area contributed by atoms with Gasteiger partial charge in [0, 0.05) is 11.2 Å². The number of nitrogens with one attached hydrogen (secondary N) is 1. The summed E-state index contributed by atoms with van der Waals surface area (Å²) in [5.41, 5.74) is 0. The summed E-state index contributed by atoms with van der Waals surface area (Å²) in [7, 11) is 0. The number of aliphatic carboxylic acids is 1. The van der Waals surface area contributed by atoms with Crippen molar-refractivity contribution >= 4 is 24.5 Å². The Morgan fingerprint density at radius 2 is 2.00 bits per heavy atom. The Balaban J connectivity index is 3.68. The highest BCUT2D eigenvalue weighted by Crippen LogP contribution is 2.15. The van der Waals surface area contributed by atoms with Crippen LogP contribution in [0.4, 0.5) is 0 Å². The fraction of sp³-hybridized carbons (Fsp3) is 0.714. The summed E-state index contributed by atoms with van der Waals surface area (Å²) in [5.74, 6) is -1.34. The van der Waals surface area contributed by atoms with E-state index in [1.54, 1.807) is 13.8 Å². The van der Waals surface area contributed by atoms with E-state index in [1.807, 2.05) is 0 Å². The van der Waals surface area contributed by atoms with Crippen molar-refractivity contribution < 1.29 is 14.7 Å². The molecule has 2 N–H and O–H groups in total. The maximum absolute atomic E-state index is 10.9. The maximum atomic E-state index is 10.9. The average molecular weight is 191 g/mol. The van der Waals surface area contributed by atoms with Gasteiger partial charge in [0.05, 0.1) is 0 Å². The van der Waals surface area contributed by atoms with Gasteiger partial charge in [0.15, 0.2) is 0 Å². The Hall–Kier alpha value is -0.710. The van der Waals surface area contributed by atoms with Gasteiger partial charge in [-0.3, -0.25) is 9.59 Å². The third kappa shape index (κ3) is 7.40. The number of carboxylic acid groups (broad SMARTS) is 1. The lowest BCUT2D eigenvalue weighted by molar-refractivity contribution is -0.138. The third-order valence-corrected chi connectivity index (χ3v) is 1.19. The van der Waals surface area contributed by atoms with Gasteiger partial charge >= 0.3 is 5.97 Å². The molecule has 0 fully saturated rings. The summed E-state index contributed by atoms with van der Waals surface area (Å²) in [6, 6.07) is 0. The second-order valence-corrected chi connectivity index (χ2v) is 4.37. The number of thiol groups is 1. The minimum absolute atomic E-state index is 0.212. The van der Waals surface area contributed by atoms with Crippen molar-refractivity contribution in [2.75, 3.05) is 6.54 Å². The van der Waals surface area contributed by atoms with E-state index in [0.717, 1.165) is 0 Å². The molecule has 1 amide bonds. The van der Waals surface area contributed by atoms with Gasteiger partial charge in [0.1, 0.15) is 6.54 Å². The smallest absolute Gasteiger partial charge is 0.322 e. The number of carbonyl (C=O) groups excluding carboxylic acids is 1. The molecule has 0 aromatic heterocycles. The van der Waals surface area contributed by atoms with Gasteiger partial charge in [-0.25, -0.2) is 0 Å². The fourth-order valence-electron chi connectivity index (χ4n) is 0.630. The highest BCUT2D eigenvalue weighted by atomic mass is 32.1. The lowest BCUT2D eigenvalue weighted by Gasteiger charge is -2.15. The zero-order valence-electron chi connectivity index (χ0n) is 7.13. The van der Waals surface area contributed by atoms with Crippen LogP contribution in [0.3, 0.4) is 0 Å². The minimum Gasteiger partial charge on any atom is -0.480 e. The number of hydrogen-bond acceptors (Lipinski definition) is 3. The summed E-state index contributed by atoms with van der Waals surface area (Å²) in [4.78, 5) is 21.0. The van der Waals surface area contributed by atoms with E-state index in [-0.39, 0.29) is 18.9 Å². The monoisotopic (exact) mass is 191 g/mol. The molecule has 0 spiro atoms. The van der Waals surface area contributed by atoms with Crippen LogP contribution in [0.25, 0.3) is 0 Å². The van der Waals surface area contributed by atoms with Gasteiger partial charge in [-0.2, -0.15) is 12.6 Å². The fourth-order valence-corrected chi connectivity index (χ4v) is 0.773. The predicted octanol–water partition coefficient (Wildman–Crippen LogP) is 0.286. The van der Waals surface area contributed by atoms with Crippen LogP contribution >= 0.6 is 12.6 Å². The Kier molecular flexibility index (Phi) is 4.09. The van der Waals surface area contributed by atoms with Crippen molar-refractivity contribution in [1.29, 1.82) is 0 Å². The minimum atomic E-state index is -1.04. The standard InChI is InChI=1S/C7H13NO3S/c1-7(2,12)3-5(9)8-4-6(10)11/h12H,3-4H2,1-2H3,(H,8,9)(H,10,11). The first kappa shape index (κ1) is 11.3. The largest absolute Gasteiger partial charge is 0.480 e. The van der Waals surface area contributed by atoms with E-state index in [4.69, 9.17) is 5.11 Å². The SMILES string of the molecule is CC(C)(S)CC(=O)NCC(=O)O. The van der Waals surface area contributed by atoms with E-state index in [1.165, 1.54) is 0 Å². The predicted molar refractivity (Wildman–Crippen MR) is 48.3 cm³/mol. The van der Waals surface area contributed by atoms with Crippen molar-refractivity contribution in [3.05, 3.63) is 0 Å². The molecule has 5 heteroatoms. The average Bonchev–Trinajstić information content (AvgIpc) is 1.79. The molecule has 12 heavy (non-hydrogen) atoms. The van der Waals surface area contributed by atoms with Crippen LogP contribution in [0, 0.1) is 0 Å². The molecule has 0 aromatic rings. The van der Waals surface area contributed by atoms with Crippen LogP contribution in [-0.4, -0.2) is 28.3 Å². The molecule has 0 bridgehead atoms. The molecular formula is C7H13NO3S. The Morgan fingerprint density at radius 3 is 2.33 bits per heavy atom. The zero-order chi connectivity index (χ0) is 9.78. The molecule has 70 valence electrons. The molecular weight excluding hydrogens is 178 g/mol. The van der Waals surface area contributed by atoms with Crippen molar-refractivity contribution in [3.63, 3.8) is 0 Å². The van der Waals surface area contributed by atoms with E-state index in [9.17, 15) is 9.59 Å². The van der Waals surface area contributed by atoms with Crippen LogP contribution in [0.1, 0.15) is 20.3 Å². The zero-order valence-corrected chi connectivity index (χ0v) is 8.02. The van der Waals surface area contributed by atoms with Gasteiger partial charge in [-0.15, -0.1) is 0 Å². The maximum Gasteiger partial charge on any atom is 0.322 e. The number of amides is 1. The van der Waals surface area contributed by atoms with E-state index < -0.39 is 10.7 Å². The summed E-state index contributed by atoms with van der Waals surface area (Å²) >= 11 is 4.13. The van der Waals surface area contributed by atoms with Crippen LogP contribution in [0.5, 0.6) is 0 Å². The van der Waals surface area contributed by atoms with Crippen molar-refractivity contribution in [1.82, 2.24) is 5.32 Å². The second-order valence-electron chi connectivity index (χ2n) is 3.16. The first-order valence-electron chi connectivity index (χ1n) is 3.52. The quantitative estimate of drug-likeness (QED) is 0.559. The summed E-state index contributed by atoms with van der Waals surface area (Å²) in [5, 5.41) is 10.5. The van der Waals surface area contributed by atoms with Gasteiger partial charge < -0.3 is 10.4 Å². The number of hydrogen-bond donors (Lipinski definition) is 3. The van der Waals surface area contributed by atoms with E-state index in [2.05, 4.69) is 17.9 Å². The number of carboxylic acids is 1. The molecule has 0 aliphatic carbocycles. The lowest BCUT2D eigenvalue weighted by atomic mass is 10.1. The van der Waals surface area contributed by atoms with Gasteiger partial charge in [-0.05, 0) is 0 Å². The van der Waals surface area contributed by atoms with Crippen molar-refractivity contribution in [2.45, 2.75) is 25.0 Å². The van der Waals surface area contributed by atoms with Crippen LogP contribution in [-0.2, 0) is 9.59 Å². The molecule has 0 heterocycles.